The zero-order chi connectivity index (χ0) is 17.1. The van der Waals surface area contributed by atoms with Gasteiger partial charge in [0.2, 0.25) is 0 Å². The summed E-state index contributed by atoms with van der Waals surface area (Å²) in [6, 6.07) is 2.06. The van der Waals surface area contributed by atoms with Crippen LogP contribution in [0, 0.1) is 5.92 Å². The Morgan fingerprint density at radius 3 is 2.88 bits per heavy atom. The minimum Gasteiger partial charge on any atom is -0.356 e. The van der Waals surface area contributed by atoms with Crippen LogP contribution < -0.4 is 4.90 Å². The Balaban J connectivity index is 0.000000815. The molecule has 1 fully saturated rings. The molecule has 0 bridgehead atoms. The number of rotatable bonds is 2. The van der Waals surface area contributed by atoms with Gasteiger partial charge in [-0.2, -0.15) is 0 Å². The lowest BCUT2D eigenvalue weighted by Crippen LogP contribution is -2.20. The predicted octanol–water partition coefficient (Wildman–Crippen LogP) is 4.96. The summed E-state index contributed by atoms with van der Waals surface area (Å²) in [6.07, 6.45) is 9.29. The number of pyridine rings is 1. The zero-order valence-corrected chi connectivity index (χ0v) is 15.4. The minimum atomic E-state index is 0.645. The molecule has 24 heavy (non-hydrogen) atoms. The Morgan fingerprint density at radius 2 is 2.17 bits per heavy atom. The van der Waals surface area contributed by atoms with E-state index in [0.717, 1.165) is 54.7 Å². The molecule has 2 aliphatic rings. The molecule has 1 atom stereocenters. The summed E-state index contributed by atoms with van der Waals surface area (Å²) in [7, 11) is 0. The number of hydrogen-bond acceptors (Lipinski definition) is 3. The first kappa shape index (κ1) is 17.0. The van der Waals surface area contributed by atoms with Crippen molar-refractivity contribution in [2.45, 2.75) is 40.0 Å². The van der Waals surface area contributed by atoms with Crippen molar-refractivity contribution in [2.24, 2.45) is 5.92 Å². The molecule has 1 aliphatic carbocycles. The fraction of sp³-hybridized carbons (Fsp3) is 0.474. The second-order valence-corrected chi connectivity index (χ2v) is 6.66. The number of hydrogen-bond donors (Lipinski definition) is 1. The van der Waals surface area contributed by atoms with Crippen LogP contribution in [-0.4, -0.2) is 28.0 Å². The molecular formula is C19H25ClN4. The number of aryl methyl sites for hydroxylation is 1. The Hall–Kier alpha value is -1.81. The fourth-order valence-electron chi connectivity index (χ4n) is 3.23. The van der Waals surface area contributed by atoms with E-state index in [4.69, 9.17) is 16.6 Å². The minimum absolute atomic E-state index is 0.645. The monoisotopic (exact) mass is 344 g/mol. The van der Waals surface area contributed by atoms with Crippen LogP contribution in [0.15, 0.2) is 18.3 Å². The smallest absolute Gasteiger partial charge is 0.139 e. The van der Waals surface area contributed by atoms with Gasteiger partial charge in [0.05, 0.1) is 10.7 Å². The lowest BCUT2D eigenvalue weighted by atomic mass is 10.1. The van der Waals surface area contributed by atoms with Crippen LogP contribution in [0.25, 0.3) is 17.5 Å². The van der Waals surface area contributed by atoms with Crippen molar-refractivity contribution in [3.8, 4) is 11.4 Å². The maximum absolute atomic E-state index is 6.37. The summed E-state index contributed by atoms with van der Waals surface area (Å²) in [6.45, 7) is 8.40. The van der Waals surface area contributed by atoms with Gasteiger partial charge in [-0.3, -0.25) is 0 Å². The molecule has 128 valence electrons. The van der Waals surface area contributed by atoms with Gasteiger partial charge in [-0.15, -0.1) is 0 Å². The highest BCUT2D eigenvalue weighted by Gasteiger charge is 2.22. The second-order valence-electron chi connectivity index (χ2n) is 6.25. The number of nitrogens with zero attached hydrogens (tertiary/aromatic N) is 3. The summed E-state index contributed by atoms with van der Waals surface area (Å²) in [4.78, 5) is 14.9. The van der Waals surface area contributed by atoms with E-state index < -0.39 is 0 Å². The van der Waals surface area contributed by atoms with E-state index in [9.17, 15) is 0 Å². The molecular weight excluding hydrogens is 320 g/mol. The topological polar surface area (TPSA) is 44.8 Å². The molecule has 1 aliphatic heterocycles. The van der Waals surface area contributed by atoms with E-state index in [1.165, 1.54) is 12.1 Å². The second kappa shape index (κ2) is 7.39. The van der Waals surface area contributed by atoms with E-state index >= 15 is 0 Å². The van der Waals surface area contributed by atoms with Gasteiger partial charge in [-0.1, -0.05) is 38.4 Å². The molecule has 1 unspecified atom stereocenters. The highest BCUT2D eigenvalue weighted by Crippen LogP contribution is 2.32. The number of allylic oxidation sites excluding steroid dienone is 1. The molecule has 0 amide bonds. The highest BCUT2D eigenvalue weighted by molar-refractivity contribution is 6.33. The van der Waals surface area contributed by atoms with Crippen molar-refractivity contribution >= 4 is 23.5 Å². The van der Waals surface area contributed by atoms with Crippen LogP contribution in [0.4, 0.5) is 5.82 Å². The third-order valence-corrected chi connectivity index (χ3v) is 4.79. The molecule has 4 nitrogen and oxygen atoms in total. The molecule has 1 saturated heterocycles. The largest absolute Gasteiger partial charge is 0.356 e. The molecule has 2 aromatic rings. The van der Waals surface area contributed by atoms with Crippen LogP contribution >= 0.6 is 11.6 Å². The van der Waals surface area contributed by atoms with E-state index in [1.807, 2.05) is 13.8 Å². The Bertz CT molecular complexity index is 735. The highest BCUT2D eigenvalue weighted by atomic mass is 35.5. The molecule has 0 spiro atoms. The van der Waals surface area contributed by atoms with Gasteiger partial charge >= 0.3 is 0 Å². The molecule has 4 rings (SSSR count). The molecule has 1 N–H and O–H groups in total. The lowest BCUT2D eigenvalue weighted by molar-refractivity contribution is 0.659. The van der Waals surface area contributed by atoms with Crippen LogP contribution in [-0.2, 0) is 6.42 Å². The number of anilines is 1. The van der Waals surface area contributed by atoms with E-state index in [0.29, 0.717) is 5.02 Å². The molecule has 0 saturated carbocycles. The summed E-state index contributed by atoms with van der Waals surface area (Å²) < 4.78 is 0. The number of halogens is 1. The fourth-order valence-corrected chi connectivity index (χ4v) is 3.42. The lowest BCUT2D eigenvalue weighted by Gasteiger charge is -2.17. The van der Waals surface area contributed by atoms with Gasteiger partial charge in [0.15, 0.2) is 0 Å². The summed E-state index contributed by atoms with van der Waals surface area (Å²) >= 11 is 6.37. The molecule has 0 aromatic carbocycles. The molecule has 3 heterocycles. The third kappa shape index (κ3) is 3.34. The van der Waals surface area contributed by atoms with Gasteiger partial charge in [0, 0.05) is 30.5 Å². The van der Waals surface area contributed by atoms with E-state index in [1.54, 1.807) is 6.20 Å². The molecule has 2 aromatic heterocycles. The standard InChI is InChI=1S/C17H19ClN4.C2H6/c1-11-6-7-22(10-11)16-8-12(13(18)9-19-16)17-20-14-4-2-3-5-15(14)21-17;1-2/h2,4,8-9,11H,3,5-7,10H2,1H3,(H,20,21);1-2H3. The van der Waals surface area contributed by atoms with Crippen LogP contribution in [0.5, 0.6) is 0 Å². The maximum atomic E-state index is 6.37. The van der Waals surface area contributed by atoms with Crippen molar-refractivity contribution in [1.29, 1.82) is 0 Å². The predicted molar refractivity (Wildman–Crippen MR) is 102 cm³/mol. The third-order valence-electron chi connectivity index (χ3n) is 4.49. The van der Waals surface area contributed by atoms with E-state index in [-0.39, 0.29) is 0 Å². The number of H-pyrrole nitrogens is 1. The Kier molecular flexibility index (Phi) is 5.24. The SMILES string of the molecule is CC.CC1CCN(c2cc(-c3nc4c([nH]3)CCC=C4)c(Cl)cn2)C1. The first-order valence-corrected chi connectivity index (χ1v) is 9.25. The van der Waals surface area contributed by atoms with Crippen LogP contribution in [0.3, 0.4) is 0 Å². The first-order valence-electron chi connectivity index (χ1n) is 8.87. The number of nitrogens with one attached hydrogen (secondary N) is 1. The van der Waals surface area contributed by atoms with Gasteiger partial charge in [-0.05, 0) is 37.3 Å². The quantitative estimate of drug-likeness (QED) is 0.837. The van der Waals surface area contributed by atoms with Crippen molar-refractivity contribution < 1.29 is 0 Å². The van der Waals surface area contributed by atoms with Gasteiger partial charge < -0.3 is 9.88 Å². The van der Waals surface area contributed by atoms with Crippen molar-refractivity contribution in [2.75, 3.05) is 18.0 Å². The van der Waals surface area contributed by atoms with Crippen molar-refractivity contribution in [1.82, 2.24) is 15.0 Å². The summed E-state index contributed by atoms with van der Waals surface area (Å²) in [5.41, 5.74) is 3.17. The van der Waals surface area contributed by atoms with E-state index in [2.05, 4.69) is 40.0 Å². The van der Waals surface area contributed by atoms with Gasteiger partial charge in [0.1, 0.15) is 11.6 Å². The summed E-state index contributed by atoms with van der Waals surface area (Å²) in [5.74, 6) is 2.56. The Morgan fingerprint density at radius 1 is 1.33 bits per heavy atom. The maximum Gasteiger partial charge on any atom is 0.139 e. The van der Waals surface area contributed by atoms with Crippen LogP contribution in [0.2, 0.25) is 5.02 Å². The molecule has 5 heteroatoms. The van der Waals surface area contributed by atoms with Crippen molar-refractivity contribution in [3.05, 3.63) is 34.7 Å². The number of aromatic nitrogens is 3. The zero-order valence-electron chi connectivity index (χ0n) is 14.6. The Labute approximate surface area is 149 Å². The van der Waals surface area contributed by atoms with Crippen LogP contribution in [0.1, 0.15) is 45.0 Å². The van der Waals surface area contributed by atoms with Gasteiger partial charge in [0.25, 0.3) is 0 Å². The number of fused-ring (bicyclic) bond motifs is 1. The number of imidazole rings is 1. The normalized spacial score (nSPS) is 19.0. The average molecular weight is 345 g/mol. The molecule has 0 radical (unpaired) electrons. The van der Waals surface area contributed by atoms with Crippen molar-refractivity contribution in [3.63, 3.8) is 0 Å². The van der Waals surface area contributed by atoms with Gasteiger partial charge in [-0.25, -0.2) is 9.97 Å². The first-order chi connectivity index (χ1) is 11.7. The number of aromatic amines is 1. The average Bonchev–Trinajstić information content (AvgIpc) is 3.23. The summed E-state index contributed by atoms with van der Waals surface area (Å²) in [5, 5.41) is 0.645.